The van der Waals surface area contributed by atoms with Crippen molar-refractivity contribution in [2.45, 2.75) is 19.1 Å². The maximum atomic E-state index is 10.3. The molecule has 68 valence electrons. The predicted octanol–water partition coefficient (Wildman–Crippen LogP) is -2.63. The van der Waals surface area contributed by atoms with Crippen molar-refractivity contribution >= 4 is 11.1 Å². The van der Waals surface area contributed by atoms with Gasteiger partial charge in [0.1, 0.15) is 0 Å². The summed E-state index contributed by atoms with van der Waals surface area (Å²) in [5.74, 6) is 0.00778. The molecule has 0 bridgehead atoms. The van der Waals surface area contributed by atoms with Gasteiger partial charge in [0.25, 0.3) is 0 Å². The Bertz CT molecular complexity index is 301. The molecule has 1 aromatic heterocycles. The molecule has 1 atom stereocenters. The van der Waals surface area contributed by atoms with E-state index in [1.165, 1.54) is 0 Å². The summed E-state index contributed by atoms with van der Waals surface area (Å²) in [6.07, 6.45) is 0.870. The van der Waals surface area contributed by atoms with Crippen LogP contribution in [0, 0.1) is 0 Å². The molecule has 0 aliphatic heterocycles. The summed E-state index contributed by atoms with van der Waals surface area (Å²) in [4.78, 5) is 0. The van der Waals surface area contributed by atoms with Crippen LogP contribution in [0.2, 0.25) is 0 Å². The second-order valence-corrected chi connectivity index (χ2v) is 3.45. The number of aryl methyl sites for hydroxylation is 2. The average Bonchev–Trinajstić information content (AvgIpc) is 2.29. The summed E-state index contributed by atoms with van der Waals surface area (Å²) in [7, 11) is 1.82. The molecule has 0 fully saturated rings. The Morgan fingerprint density at radius 3 is 2.69 bits per heavy atom. The molecule has 1 unspecified atom stereocenters. The fourth-order valence-corrected chi connectivity index (χ4v) is 1.48. The standard InChI is InChI=1S/C7H12N2O2S.Na/c1-3-7-4-6(5-12(10)11)8-9(7)2;/h4H,3,5H2,1-2H3,(H,10,11);/q;+1/p-1. The minimum atomic E-state index is -2.04. The Morgan fingerprint density at radius 2 is 2.31 bits per heavy atom. The molecular weight excluding hydrogens is 199 g/mol. The fourth-order valence-electron chi connectivity index (χ4n) is 1.09. The minimum absolute atomic E-state index is 0. The third-order valence-corrected chi connectivity index (χ3v) is 2.19. The summed E-state index contributed by atoms with van der Waals surface area (Å²) in [5, 5.41) is 4.05. The van der Waals surface area contributed by atoms with E-state index in [0.717, 1.165) is 12.1 Å². The van der Waals surface area contributed by atoms with Gasteiger partial charge in [-0.05, 0) is 23.6 Å². The maximum Gasteiger partial charge on any atom is 1.00 e. The van der Waals surface area contributed by atoms with Gasteiger partial charge in [-0.2, -0.15) is 5.10 Å². The zero-order valence-corrected chi connectivity index (χ0v) is 10.9. The molecule has 0 aliphatic carbocycles. The van der Waals surface area contributed by atoms with E-state index >= 15 is 0 Å². The first-order chi connectivity index (χ1) is 5.63. The van der Waals surface area contributed by atoms with Gasteiger partial charge in [-0.25, -0.2) is 0 Å². The Labute approximate surface area is 102 Å². The molecule has 1 heterocycles. The summed E-state index contributed by atoms with van der Waals surface area (Å²) in [6, 6.07) is 1.82. The Morgan fingerprint density at radius 1 is 1.69 bits per heavy atom. The van der Waals surface area contributed by atoms with E-state index in [0.29, 0.717) is 5.69 Å². The number of hydrogen-bond acceptors (Lipinski definition) is 3. The molecule has 0 amide bonds. The molecule has 0 saturated carbocycles. The van der Waals surface area contributed by atoms with Gasteiger partial charge in [-0.3, -0.25) is 8.89 Å². The summed E-state index contributed by atoms with van der Waals surface area (Å²) >= 11 is -2.04. The topological polar surface area (TPSA) is 57.9 Å². The molecule has 6 heteroatoms. The van der Waals surface area contributed by atoms with E-state index in [9.17, 15) is 8.76 Å². The normalized spacial score (nSPS) is 12.2. The fraction of sp³-hybridized carbons (Fsp3) is 0.571. The molecular formula is C7H11N2NaO2S. The second kappa shape index (κ2) is 5.93. The van der Waals surface area contributed by atoms with Gasteiger partial charge in [0.15, 0.2) is 0 Å². The van der Waals surface area contributed by atoms with E-state index in [-0.39, 0.29) is 35.3 Å². The molecule has 0 N–H and O–H groups in total. The van der Waals surface area contributed by atoms with Crippen LogP contribution in [0.15, 0.2) is 6.07 Å². The van der Waals surface area contributed by atoms with E-state index in [4.69, 9.17) is 0 Å². The van der Waals surface area contributed by atoms with Crippen molar-refractivity contribution in [2.75, 3.05) is 0 Å². The van der Waals surface area contributed by atoms with Crippen molar-refractivity contribution in [2.24, 2.45) is 7.05 Å². The average molecular weight is 210 g/mol. The molecule has 0 aliphatic rings. The van der Waals surface area contributed by atoms with Crippen molar-refractivity contribution < 1.29 is 38.3 Å². The zero-order valence-electron chi connectivity index (χ0n) is 8.11. The van der Waals surface area contributed by atoms with Crippen LogP contribution in [0.3, 0.4) is 0 Å². The first kappa shape index (κ1) is 13.3. The van der Waals surface area contributed by atoms with Crippen molar-refractivity contribution in [3.8, 4) is 0 Å². The number of rotatable bonds is 3. The van der Waals surface area contributed by atoms with Crippen LogP contribution in [-0.2, 0) is 30.3 Å². The molecule has 4 nitrogen and oxygen atoms in total. The Balaban J connectivity index is 0.00000144. The van der Waals surface area contributed by atoms with Gasteiger partial charge >= 0.3 is 29.6 Å². The second-order valence-electron chi connectivity index (χ2n) is 2.55. The Hall–Kier alpha value is 0.320. The monoisotopic (exact) mass is 210 g/mol. The molecule has 13 heavy (non-hydrogen) atoms. The van der Waals surface area contributed by atoms with Gasteiger partial charge in [-0.1, -0.05) is 6.92 Å². The molecule has 1 aromatic rings. The smallest absolute Gasteiger partial charge is 0.772 e. The van der Waals surface area contributed by atoms with E-state index in [1.54, 1.807) is 4.68 Å². The first-order valence-corrected chi connectivity index (χ1v) is 4.95. The number of aromatic nitrogens is 2. The summed E-state index contributed by atoms with van der Waals surface area (Å²) < 4.78 is 22.4. The zero-order chi connectivity index (χ0) is 9.14. The molecule has 0 spiro atoms. The van der Waals surface area contributed by atoms with Crippen molar-refractivity contribution in [3.63, 3.8) is 0 Å². The van der Waals surface area contributed by atoms with Crippen LogP contribution >= 0.6 is 0 Å². The van der Waals surface area contributed by atoms with Crippen LogP contribution in [-0.4, -0.2) is 18.5 Å². The SMILES string of the molecule is CCc1cc(CS(=O)[O-])nn1C.[Na+]. The quantitative estimate of drug-likeness (QED) is 0.405. The van der Waals surface area contributed by atoms with Gasteiger partial charge in [0.2, 0.25) is 0 Å². The maximum absolute atomic E-state index is 10.3. The summed E-state index contributed by atoms with van der Waals surface area (Å²) in [5.41, 5.74) is 1.66. The van der Waals surface area contributed by atoms with Gasteiger partial charge in [0, 0.05) is 12.7 Å². The Kier molecular flexibility index (Phi) is 6.07. The van der Waals surface area contributed by atoms with E-state index in [2.05, 4.69) is 5.10 Å². The first-order valence-electron chi connectivity index (χ1n) is 3.71. The molecule has 1 rings (SSSR count). The number of nitrogens with zero attached hydrogens (tertiary/aromatic N) is 2. The third kappa shape index (κ3) is 3.91. The van der Waals surface area contributed by atoms with Crippen LogP contribution in [0.1, 0.15) is 18.3 Å². The predicted molar refractivity (Wildman–Crippen MR) is 45.2 cm³/mol. The van der Waals surface area contributed by atoms with Gasteiger partial charge in [-0.15, -0.1) is 0 Å². The van der Waals surface area contributed by atoms with Crippen LogP contribution in [0.25, 0.3) is 0 Å². The van der Waals surface area contributed by atoms with E-state index < -0.39 is 11.1 Å². The van der Waals surface area contributed by atoms with Crippen molar-refractivity contribution in [1.82, 2.24) is 9.78 Å². The van der Waals surface area contributed by atoms with Gasteiger partial charge < -0.3 is 4.55 Å². The van der Waals surface area contributed by atoms with Crippen LogP contribution < -0.4 is 29.6 Å². The van der Waals surface area contributed by atoms with Gasteiger partial charge in [0.05, 0.1) is 11.4 Å². The summed E-state index contributed by atoms with van der Waals surface area (Å²) in [6.45, 7) is 2.01. The van der Waals surface area contributed by atoms with E-state index in [1.807, 2.05) is 20.0 Å². The largest absolute Gasteiger partial charge is 1.00 e. The molecule has 0 saturated heterocycles. The molecule has 0 aromatic carbocycles. The number of hydrogen-bond donors (Lipinski definition) is 0. The molecule has 0 radical (unpaired) electrons. The third-order valence-electron chi connectivity index (χ3n) is 1.66. The van der Waals surface area contributed by atoms with Crippen LogP contribution in [0.5, 0.6) is 0 Å². The van der Waals surface area contributed by atoms with Crippen molar-refractivity contribution in [1.29, 1.82) is 0 Å². The van der Waals surface area contributed by atoms with Crippen LogP contribution in [0.4, 0.5) is 0 Å². The van der Waals surface area contributed by atoms with Crippen molar-refractivity contribution in [3.05, 3.63) is 17.5 Å². The minimum Gasteiger partial charge on any atom is -0.772 e.